The molecular formula is C13H19Br2NO3S. The van der Waals surface area contributed by atoms with Gasteiger partial charge in [-0.25, -0.2) is 13.6 Å². The van der Waals surface area contributed by atoms with Gasteiger partial charge in [-0.2, -0.15) is 0 Å². The summed E-state index contributed by atoms with van der Waals surface area (Å²) >= 11 is 6.79. The number of benzene rings is 1. The standard InChI is InChI=1S/C13H19Br2NO3S/c1-3-13(4-2,9-20(16,17)18)8-19-12-6-5-10(14)7-11(12)15/h5-7H,3-4,8-9H2,1-2H3,(H2,16,17,18). The Morgan fingerprint density at radius 1 is 1.25 bits per heavy atom. The molecule has 0 amide bonds. The summed E-state index contributed by atoms with van der Waals surface area (Å²) in [4.78, 5) is 0. The number of sulfonamides is 1. The van der Waals surface area contributed by atoms with Crippen molar-refractivity contribution < 1.29 is 13.2 Å². The quantitative estimate of drug-likeness (QED) is 0.719. The van der Waals surface area contributed by atoms with Crippen molar-refractivity contribution in [3.8, 4) is 5.75 Å². The van der Waals surface area contributed by atoms with Crippen LogP contribution in [0, 0.1) is 5.41 Å². The van der Waals surface area contributed by atoms with Crippen LogP contribution < -0.4 is 9.88 Å². The fourth-order valence-electron chi connectivity index (χ4n) is 1.95. The van der Waals surface area contributed by atoms with Crippen LogP contribution in [0.25, 0.3) is 0 Å². The van der Waals surface area contributed by atoms with E-state index < -0.39 is 15.4 Å². The molecule has 1 aromatic rings. The van der Waals surface area contributed by atoms with Gasteiger partial charge in [0.25, 0.3) is 0 Å². The number of halogens is 2. The summed E-state index contributed by atoms with van der Waals surface area (Å²) < 4.78 is 30.4. The molecule has 0 radical (unpaired) electrons. The zero-order valence-electron chi connectivity index (χ0n) is 11.5. The van der Waals surface area contributed by atoms with E-state index in [-0.39, 0.29) is 5.75 Å². The number of hydrogen-bond donors (Lipinski definition) is 1. The normalized spacial score (nSPS) is 12.4. The predicted octanol–water partition coefficient (Wildman–Crippen LogP) is 3.69. The van der Waals surface area contributed by atoms with Crippen molar-refractivity contribution >= 4 is 41.9 Å². The van der Waals surface area contributed by atoms with E-state index in [1.807, 2.05) is 32.0 Å². The lowest BCUT2D eigenvalue weighted by Gasteiger charge is -2.30. The minimum absolute atomic E-state index is 0.0683. The maximum absolute atomic E-state index is 11.4. The number of primary sulfonamides is 1. The summed E-state index contributed by atoms with van der Waals surface area (Å²) in [6, 6.07) is 5.59. The molecule has 7 heteroatoms. The minimum atomic E-state index is -3.53. The highest BCUT2D eigenvalue weighted by molar-refractivity contribution is 9.11. The molecule has 0 saturated heterocycles. The Bertz CT molecular complexity index is 557. The van der Waals surface area contributed by atoms with E-state index in [9.17, 15) is 8.42 Å². The Balaban J connectivity index is 2.86. The fourth-order valence-corrected chi connectivity index (χ4v) is 4.46. The van der Waals surface area contributed by atoms with E-state index in [1.165, 1.54) is 0 Å². The van der Waals surface area contributed by atoms with Gasteiger partial charge in [0, 0.05) is 9.89 Å². The molecule has 20 heavy (non-hydrogen) atoms. The number of rotatable bonds is 7. The van der Waals surface area contributed by atoms with Gasteiger partial charge in [0.15, 0.2) is 0 Å². The van der Waals surface area contributed by atoms with Crippen LogP contribution in [-0.2, 0) is 10.0 Å². The molecule has 0 saturated carbocycles. The van der Waals surface area contributed by atoms with Crippen molar-refractivity contribution in [1.29, 1.82) is 0 Å². The van der Waals surface area contributed by atoms with Crippen molar-refractivity contribution in [2.75, 3.05) is 12.4 Å². The molecule has 1 rings (SSSR count). The first-order chi connectivity index (χ1) is 9.21. The van der Waals surface area contributed by atoms with E-state index in [2.05, 4.69) is 31.9 Å². The lowest BCUT2D eigenvalue weighted by molar-refractivity contribution is 0.153. The molecular weight excluding hydrogens is 410 g/mol. The number of nitrogens with two attached hydrogens (primary N) is 1. The summed E-state index contributed by atoms with van der Waals surface area (Å²) in [5.41, 5.74) is -0.458. The van der Waals surface area contributed by atoms with Crippen LogP contribution in [0.1, 0.15) is 26.7 Å². The number of hydrogen-bond acceptors (Lipinski definition) is 3. The Hall–Kier alpha value is -0.110. The van der Waals surface area contributed by atoms with Gasteiger partial charge in [-0.3, -0.25) is 0 Å². The second-order valence-corrected chi connectivity index (χ2v) is 8.26. The Labute approximate surface area is 137 Å². The average Bonchev–Trinajstić information content (AvgIpc) is 2.35. The Morgan fingerprint density at radius 3 is 2.30 bits per heavy atom. The van der Waals surface area contributed by atoms with E-state index in [4.69, 9.17) is 9.88 Å². The highest BCUT2D eigenvalue weighted by Gasteiger charge is 2.32. The molecule has 0 aromatic heterocycles. The lowest BCUT2D eigenvalue weighted by atomic mass is 9.85. The molecule has 0 fully saturated rings. The SMILES string of the molecule is CCC(CC)(COc1ccc(Br)cc1Br)CS(N)(=O)=O. The van der Waals surface area contributed by atoms with Crippen LogP contribution in [0.5, 0.6) is 5.75 Å². The summed E-state index contributed by atoms with van der Waals surface area (Å²) in [6.45, 7) is 4.22. The predicted molar refractivity (Wildman–Crippen MR) is 88.3 cm³/mol. The van der Waals surface area contributed by atoms with E-state index >= 15 is 0 Å². The minimum Gasteiger partial charge on any atom is -0.492 e. The van der Waals surface area contributed by atoms with Gasteiger partial charge in [-0.1, -0.05) is 29.8 Å². The summed E-state index contributed by atoms with van der Waals surface area (Å²) in [5.74, 6) is 0.620. The first-order valence-corrected chi connectivity index (χ1v) is 9.60. The van der Waals surface area contributed by atoms with Crippen molar-refractivity contribution in [3.05, 3.63) is 27.1 Å². The third-order valence-corrected chi connectivity index (χ3v) is 5.56. The van der Waals surface area contributed by atoms with Gasteiger partial charge >= 0.3 is 0 Å². The zero-order valence-corrected chi connectivity index (χ0v) is 15.5. The molecule has 114 valence electrons. The maximum atomic E-state index is 11.4. The third-order valence-electron chi connectivity index (χ3n) is 3.44. The van der Waals surface area contributed by atoms with Gasteiger partial charge < -0.3 is 4.74 Å². The van der Waals surface area contributed by atoms with Gasteiger partial charge in [0.1, 0.15) is 5.75 Å². The van der Waals surface area contributed by atoms with Crippen molar-refractivity contribution in [2.45, 2.75) is 26.7 Å². The topological polar surface area (TPSA) is 69.4 Å². The summed E-state index contributed by atoms with van der Waals surface area (Å²) in [5, 5.41) is 5.19. The van der Waals surface area contributed by atoms with Gasteiger partial charge in [-0.05, 0) is 47.0 Å². The van der Waals surface area contributed by atoms with E-state index in [0.717, 1.165) is 8.95 Å². The molecule has 2 N–H and O–H groups in total. The summed E-state index contributed by atoms with van der Waals surface area (Å²) in [7, 11) is -3.53. The molecule has 1 aromatic carbocycles. The summed E-state index contributed by atoms with van der Waals surface area (Å²) in [6.07, 6.45) is 1.38. The average molecular weight is 429 g/mol. The molecule has 0 aliphatic heterocycles. The monoisotopic (exact) mass is 427 g/mol. The van der Waals surface area contributed by atoms with Crippen LogP contribution in [0.15, 0.2) is 27.1 Å². The largest absolute Gasteiger partial charge is 0.492 e. The Kier molecular flexibility index (Phi) is 6.50. The molecule has 4 nitrogen and oxygen atoms in total. The highest BCUT2D eigenvalue weighted by atomic mass is 79.9. The van der Waals surface area contributed by atoms with Crippen molar-refractivity contribution in [3.63, 3.8) is 0 Å². The molecule has 0 atom stereocenters. The van der Waals surface area contributed by atoms with E-state index in [0.29, 0.717) is 25.2 Å². The van der Waals surface area contributed by atoms with Crippen molar-refractivity contribution in [2.24, 2.45) is 10.6 Å². The molecule has 0 aliphatic carbocycles. The molecule has 0 unspecified atom stereocenters. The smallest absolute Gasteiger partial charge is 0.209 e. The van der Waals surface area contributed by atoms with Crippen LogP contribution in [0.3, 0.4) is 0 Å². The molecule has 0 spiro atoms. The third kappa shape index (κ3) is 5.35. The Morgan fingerprint density at radius 2 is 1.85 bits per heavy atom. The van der Waals surface area contributed by atoms with Crippen LogP contribution >= 0.6 is 31.9 Å². The molecule has 0 heterocycles. The van der Waals surface area contributed by atoms with Crippen LogP contribution in [0.2, 0.25) is 0 Å². The first kappa shape index (κ1) is 17.9. The van der Waals surface area contributed by atoms with Gasteiger partial charge in [0.05, 0.1) is 16.8 Å². The first-order valence-electron chi connectivity index (χ1n) is 6.29. The van der Waals surface area contributed by atoms with Crippen LogP contribution in [-0.4, -0.2) is 20.8 Å². The second kappa shape index (κ2) is 7.24. The van der Waals surface area contributed by atoms with Gasteiger partial charge in [-0.15, -0.1) is 0 Å². The number of ether oxygens (including phenoxy) is 1. The fraction of sp³-hybridized carbons (Fsp3) is 0.538. The second-order valence-electron chi connectivity index (χ2n) is 4.88. The molecule has 0 bridgehead atoms. The molecule has 0 aliphatic rings. The van der Waals surface area contributed by atoms with Crippen LogP contribution in [0.4, 0.5) is 0 Å². The zero-order chi connectivity index (χ0) is 15.4. The van der Waals surface area contributed by atoms with Gasteiger partial charge in [0.2, 0.25) is 10.0 Å². The lowest BCUT2D eigenvalue weighted by Crippen LogP contribution is -2.37. The van der Waals surface area contributed by atoms with E-state index in [1.54, 1.807) is 0 Å². The maximum Gasteiger partial charge on any atom is 0.209 e. The highest BCUT2D eigenvalue weighted by Crippen LogP contribution is 2.32. The van der Waals surface area contributed by atoms with Crippen molar-refractivity contribution in [1.82, 2.24) is 0 Å².